The van der Waals surface area contributed by atoms with E-state index >= 15 is 0 Å². The molecule has 0 aromatic carbocycles. The first-order chi connectivity index (χ1) is 9.11. The molecule has 0 radical (unpaired) electrons. The minimum absolute atomic E-state index is 0.611. The van der Waals surface area contributed by atoms with Gasteiger partial charge in [-0.2, -0.15) is 0 Å². The molecule has 0 saturated carbocycles. The van der Waals surface area contributed by atoms with Crippen molar-refractivity contribution < 1.29 is 9.90 Å². The maximum absolute atomic E-state index is 11.5. The van der Waals surface area contributed by atoms with Crippen LogP contribution < -0.4 is 0 Å². The van der Waals surface area contributed by atoms with Crippen molar-refractivity contribution in [3.63, 3.8) is 0 Å². The number of hydrogen-bond acceptors (Lipinski definition) is 2. The molecule has 1 aliphatic rings. The topological polar surface area (TPSA) is 40.5 Å². The molecule has 1 saturated heterocycles. The van der Waals surface area contributed by atoms with Gasteiger partial charge in [0.15, 0.2) is 0 Å². The molecule has 112 valence electrons. The van der Waals surface area contributed by atoms with Crippen LogP contribution in [0.2, 0.25) is 0 Å². The predicted molar refractivity (Wildman–Crippen MR) is 79.5 cm³/mol. The van der Waals surface area contributed by atoms with Crippen molar-refractivity contribution >= 4 is 5.97 Å². The normalized spacial score (nSPS) is 24.5. The van der Waals surface area contributed by atoms with E-state index in [1.165, 1.54) is 38.5 Å². The number of nitrogens with zero attached hydrogens (tertiary/aromatic N) is 1. The molecular formula is C16H31NO2. The van der Waals surface area contributed by atoms with Crippen LogP contribution in [-0.2, 0) is 4.79 Å². The largest absolute Gasteiger partial charge is 0.480 e. The first-order valence-corrected chi connectivity index (χ1v) is 8.09. The molecule has 1 aliphatic heterocycles. The third-order valence-corrected chi connectivity index (χ3v) is 4.53. The van der Waals surface area contributed by atoms with E-state index in [0.29, 0.717) is 0 Å². The zero-order valence-electron chi connectivity index (χ0n) is 12.8. The van der Waals surface area contributed by atoms with E-state index in [1.807, 2.05) is 6.92 Å². The molecule has 0 amide bonds. The van der Waals surface area contributed by atoms with Crippen LogP contribution in [0, 0.1) is 0 Å². The fourth-order valence-electron chi connectivity index (χ4n) is 3.04. The van der Waals surface area contributed by atoms with Crippen LogP contribution in [0.1, 0.15) is 78.1 Å². The third-order valence-electron chi connectivity index (χ3n) is 4.53. The summed E-state index contributed by atoms with van der Waals surface area (Å²) in [7, 11) is 0. The fraction of sp³-hybridized carbons (Fsp3) is 0.938. The second-order valence-electron chi connectivity index (χ2n) is 6.14. The lowest BCUT2D eigenvalue weighted by Gasteiger charge is -2.41. The van der Waals surface area contributed by atoms with Gasteiger partial charge in [0.05, 0.1) is 0 Å². The van der Waals surface area contributed by atoms with E-state index in [1.54, 1.807) is 0 Å². The van der Waals surface area contributed by atoms with Crippen molar-refractivity contribution in [3.8, 4) is 0 Å². The number of hydrogen-bond donors (Lipinski definition) is 1. The number of rotatable bonds is 9. The van der Waals surface area contributed by atoms with Gasteiger partial charge in [-0.3, -0.25) is 9.69 Å². The Morgan fingerprint density at radius 2 is 1.74 bits per heavy atom. The molecule has 1 atom stereocenters. The van der Waals surface area contributed by atoms with E-state index in [-0.39, 0.29) is 0 Å². The summed E-state index contributed by atoms with van der Waals surface area (Å²) in [5.74, 6) is -0.643. The quantitative estimate of drug-likeness (QED) is 0.642. The van der Waals surface area contributed by atoms with Gasteiger partial charge in [0.2, 0.25) is 0 Å². The van der Waals surface area contributed by atoms with E-state index in [9.17, 15) is 9.90 Å². The molecule has 1 unspecified atom stereocenters. The lowest BCUT2D eigenvalue weighted by atomic mass is 9.88. The van der Waals surface area contributed by atoms with E-state index in [0.717, 1.165) is 38.8 Å². The van der Waals surface area contributed by atoms with Crippen LogP contribution in [0.5, 0.6) is 0 Å². The molecule has 3 nitrogen and oxygen atoms in total. The highest BCUT2D eigenvalue weighted by Gasteiger charge is 2.40. The highest BCUT2D eigenvalue weighted by atomic mass is 16.4. The summed E-state index contributed by atoms with van der Waals surface area (Å²) in [6, 6.07) is 0. The Morgan fingerprint density at radius 3 is 2.37 bits per heavy atom. The second kappa shape index (κ2) is 8.57. The summed E-state index contributed by atoms with van der Waals surface area (Å²) >= 11 is 0. The maximum Gasteiger partial charge on any atom is 0.323 e. The Balaban J connectivity index is 2.21. The standard InChI is InChI=1S/C16H31NO2/c1-3-4-5-6-7-8-10-13-17-14-11-9-12-16(17,2)15(18)19/h3-14H2,1-2H3,(H,18,19). The van der Waals surface area contributed by atoms with Gasteiger partial charge in [0.1, 0.15) is 5.54 Å². The Kier molecular flexibility index (Phi) is 7.44. The molecular weight excluding hydrogens is 238 g/mol. The molecule has 1 heterocycles. The Labute approximate surface area is 118 Å². The van der Waals surface area contributed by atoms with Crippen molar-refractivity contribution in [3.05, 3.63) is 0 Å². The summed E-state index contributed by atoms with van der Waals surface area (Å²) in [6.45, 7) is 6.05. The van der Waals surface area contributed by atoms with Crippen LogP contribution in [0.15, 0.2) is 0 Å². The maximum atomic E-state index is 11.5. The monoisotopic (exact) mass is 269 g/mol. The number of piperidine rings is 1. The van der Waals surface area contributed by atoms with Crippen molar-refractivity contribution in [1.29, 1.82) is 0 Å². The molecule has 19 heavy (non-hydrogen) atoms. The van der Waals surface area contributed by atoms with Crippen LogP contribution in [0.3, 0.4) is 0 Å². The lowest BCUT2D eigenvalue weighted by Crippen LogP contribution is -2.55. The van der Waals surface area contributed by atoms with Gasteiger partial charge in [0, 0.05) is 0 Å². The average Bonchev–Trinajstić information content (AvgIpc) is 2.39. The number of likely N-dealkylation sites (tertiary alicyclic amines) is 1. The minimum atomic E-state index is -0.643. The van der Waals surface area contributed by atoms with Gasteiger partial charge in [-0.25, -0.2) is 0 Å². The minimum Gasteiger partial charge on any atom is -0.480 e. The van der Waals surface area contributed by atoms with Crippen LogP contribution in [-0.4, -0.2) is 34.6 Å². The summed E-state index contributed by atoms with van der Waals surface area (Å²) in [5.41, 5.74) is -0.611. The number of aliphatic carboxylic acids is 1. The van der Waals surface area contributed by atoms with Gasteiger partial charge in [-0.1, -0.05) is 45.4 Å². The van der Waals surface area contributed by atoms with Crippen molar-refractivity contribution in [2.75, 3.05) is 13.1 Å². The smallest absolute Gasteiger partial charge is 0.323 e. The van der Waals surface area contributed by atoms with E-state index in [4.69, 9.17) is 0 Å². The molecule has 0 spiro atoms. The fourth-order valence-corrected chi connectivity index (χ4v) is 3.04. The molecule has 0 aromatic heterocycles. The van der Waals surface area contributed by atoms with Gasteiger partial charge >= 0.3 is 5.97 Å². The zero-order chi connectivity index (χ0) is 14.1. The number of unbranched alkanes of at least 4 members (excludes halogenated alkanes) is 6. The van der Waals surface area contributed by atoms with E-state index < -0.39 is 11.5 Å². The highest BCUT2D eigenvalue weighted by Crippen LogP contribution is 2.28. The van der Waals surface area contributed by atoms with Gasteiger partial charge in [-0.05, 0) is 45.7 Å². The molecule has 0 aromatic rings. The van der Waals surface area contributed by atoms with E-state index in [2.05, 4.69) is 11.8 Å². The first kappa shape index (κ1) is 16.5. The van der Waals surface area contributed by atoms with Crippen LogP contribution in [0.25, 0.3) is 0 Å². The summed E-state index contributed by atoms with van der Waals surface area (Å²) in [6.07, 6.45) is 12.0. The van der Waals surface area contributed by atoms with Crippen molar-refractivity contribution in [2.45, 2.75) is 83.6 Å². The molecule has 1 rings (SSSR count). The number of carboxylic acids is 1. The van der Waals surface area contributed by atoms with Crippen molar-refractivity contribution in [1.82, 2.24) is 4.90 Å². The summed E-state index contributed by atoms with van der Waals surface area (Å²) in [4.78, 5) is 13.7. The Bertz CT molecular complexity index is 267. The number of carbonyl (C=O) groups is 1. The van der Waals surface area contributed by atoms with Gasteiger partial charge in [0.25, 0.3) is 0 Å². The molecule has 1 fully saturated rings. The molecule has 0 aliphatic carbocycles. The molecule has 1 N–H and O–H groups in total. The number of carboxylic acid groups (broad SMARTS) is 1. The Morgan fingerprint density at radius 1 is 1.11 bits per heavy atom. The zero-order valence-corrected chi connectivity index (χ0v) is 12.8. The molecule has 3 heteroatoms. The first-order valence-electron chi connectivity index (χ1n) is 8.09. The van der Waals surface area contributed by atoms with Gasteiger partial charge in [-0.15, -0.1) is 0 Å². The average molecular weight is 269 g/mol. The van der Waals surface area contributed by atoms with Gasteiger partial charge < -0.3 is 5.11 Å². The summed E-state index contributed by atoms with van der Waals surface area (Å²) < 4.78 is 0. The van der Waals surface area contributed by atoms with Crippen LogP contribution >= 0.6 is 0 Å². The second-order valence-corrected chi connectivity index (χ2v) is 6.14. The molecule has 0 bridgehead atoms. The highest BCUT2D eigenvalue weighted by molar-refractivity contribution is 5.78. The lowest BCUT2D eigenvalue weighted by molar-refractivity contribution is -0.152. The summed E-state index contributed by atoms with van der Waals surface area (Å²) in [5, 5.41) is 9.43. The third kappa shape index (κ3) is 5.13. The van der Waals surface area contributed by atoms with Crippen LogP contribution in [0.4, 0.5) is 0 Å². The Hall–Kier alpha value is -0.570. The predicted octanol–water partition coefficient (Wildman–Crippen LogP) is 4.07. The SMILES string of the molecule is CCCCCCCCCN1CCCCC1(C)C(=O)O. The van der Waals surface area contributed by atoms with Crippen molar-refractivity contribution in [2.24, 2.45) is 0 Å².